The van der Waals surface area contributed by atoms with Gasteiger partial charge in [0.15, 0.2) is 0 Å². The molecule has 0 bridgehead atoms. The Hall–Kier alpha value is -2.34. The van der Waals surface area contributed by atoms with Crippen LogP contribution >= 0.6 is 0 Å². The van der Waals surface area contributed by atoms with Gasteiger partial charge in [-0.25, -0.2) is 0 Å². The Morgan fingerprint density at radius 3 is 2.78 bits per heavy atom. The van der Waals surface area contributed by atoms with Crippen molar-refractivity contribution >= 4 is 17.5 Å². The van der Waals surface area contributed by atoms with E-state index in [-0.39, 0.29) is 23.8 Å². The number of nitrogens with one attached hydrogen (secondary N) is 3. The molecule has 0 radical (unpaired) electrons. The molecule has 27 heavy (non-hydrogen) atoms. The molecule has 6 heteroatoms. The lowest BCUT2D eigenvalue weighted by Crippen LogP contribution is -2.67. The predicted octanol–water partition coefficient (Wildman–Crippen LogP) is 1.22. The van der Waals surface area contributed by atoms with E-state index in [0.717, 1.165) is 18.7 Å². The van der Waals surface area contributed by atoms with Gasteiger partial charge < -0.3 is 20.9 Å². The number of amides is 2. The van der Waals surface area contributed by atoms with E-state index in [9.17, 15) is 9.59 Å². The number of hydrogen-bond donors (Lipinski definition) is 3. The van der Waals surface area contributed by atoms with Crippen LogP contribution in [0.15, 0.2) is 36.4 Å². The summed E-state index contributed by atoms with van der Waals surface area (Å²) in [6, 6.07) is 8.12. The van der Waals surface area contributed by atoms with Gasteiger partial charge in [0.25, 0.3) is 0 Å². The number of anilines is 1. The van der Waals surface area contributed by atoms with Gasteiger partial charge in [0.1, 0.15) is 11.6 Å². The summed E-state index contributed by atoms with van der Waals surface area (Å²) in [7, 11) is 0. The van der Waals surface area contributed by atoms with Crippen molar-refractivity contribution in [3.8, 4) is 0 Å². The Labute approximate surface area is 159 Å². The average molecular weight is 366 g/mol. The number of piperidine rings is 1. The second kappa shape index (κ2) is 6.37. The number of carbonyl (C=O) groups is 2. The van der Waals surface area contributed by atoms with Gasteiger partial charge in [0.05, 0.1) is 0 Å². The minimum atomic E-state index is -0.487. The van der Waals surface area contributed by atoms with Gasteiger partial charge >= 0.3 is 0 Å². The number of fused-ring (bicyclic) bond motifs is 3. The number of piperazine rings is 1. The van der Waals surface area contributed by atoms with Gasteiger partial charge in [-0.2, -0.15) is 0 Å². The highest BCUT2D eigenvalue weighted by Gasteiger charge is 2.46. The minimum absolute atomic E-state index is 0.0885. The summed E-state index contributed by atoms with van der Waals surface area (Å²) in [6.45, 7) is 2.74. The number of carbonyl (C=O) groups excluding carboxylic acids is 2. The maximum Gasteiger partial charge on any atom is 0.245 e. The fraction of sp³-hybridized carbons (Fsp3) is 0.524. The van der Waals surface area contributed by atoms with Crippen molar-refractivity contribution in [1.82, 2.24) is 15.5 Å². The molecule has 4 aliphatic rings. The molecule has 0 aromatic heterocycles. The second-order valence-electron chi connectivity index (χ2n) is 8.15. The standard InChI is InChI=1S/C21H26N4O2/c26-19(25-12-8-21(9-13-25)20(27)22-10-11-23-21)18-16-6-3-5-14(16)15-4-1-2-7-17(15)24-18/h1-5,7,14,16,18,23-24H,6,8-13H2,(H,22,27)/t14-,16+,18+/m0/s1. The average Bonchev–Trinajstić information content (AvgIpc) is 3.20. The van der Waals surface area contributed by atoms with Crippen molar-refractivity contribution in [2.75, 3.05) is 31.5 Å². The first kappa shape index (κ1) is 16.8. The summed E-state index contributed by atoms with van der Waals surface area (Å²) in [5.41, 5.74) is 1.88. The van der Waals surface area contributed by atoms with Crippen LogP contribution in [0.5, 0.6) is 0 Å². The van der Waals surface area contributed by atoms with Crippen molar-refractivity contribution in [1.29, 1.82) is 0 Å². The highest BCUT2D eigenvalue weighted by molar-refractivity contribution is 5.89. The van der Waals surface area contributed by atoms with Crippen molar-refractivity contribution in [3.63, 3.8) is 0 Å². The molecule has 3 atom stereocenters. The smallest absolute Gasteiger partial charge is 0.245 e. The molecule has 2 saturated heterocycles. The summed E-state index contributed by atoms with van der Waals surface area (Å²) in [5.74, 6) is 0.859. The van der Waals surface area contributed by atoms with Gasteiger partial charge in [-0.3, -0.25) is 9.59 Å². The van der Waals surface area contributed by atoms with Crippen molar-refractivity contribution in [2.24, 2.45) is 5.92 Å². The lowest BCUT2D eigenvalue weighted by molar-refractivity contribution is -0.139. The van der Waals surface area contributed by atoms with Crippen LogP contribution in [0, 0.1) is 5.92 Å². The molecular weight excluding hydrogens is 340 g/mol. The molecule has 6 nitrogen and oxygen atoms in total. The molecule has 0 saturated carbocycles. The summed E-state index contributed by atoms with van der Waals surface area (Å²) in [6.07, 6.45) is 6.76. The van der Waals surface area contributed by atoms with Gasteiger partial charge in [-0.1, -0.05) is 30.4 Å². The van der Waals surface area contributed by atoms with Crippen molar-refractivity contribution in [3.05, 3.63) is 42.0 Å². The highest BCUT2D eigenvalue weighted by Crippen LogP contribution is 2.45. The molecule has 2 amide bonds. The number of allylic oxidation sites excluding steroid dienone is 2. The van der Waals surface area contributed by atoms with Crippen LogP contribution in [0.25, 0.3) is 0 Å². The third-order valence-electron chi connectivity index (χ3n) is 6.78. The predicted molar refractivity (Wildman–Crippen MR) is 103 cm³/mol. The van der Waals surface area contributed by atoms with E-state index in [4.69, 9.17) is 0 Å². The maximum atomic E-state index is 13.4. The number of rotatable bonds is 1. The van der Waals surface area contributed by atoms with Crippen molar-refractivity contribution < 1.29 is 9.59 Å². The first-order valence-corrected chi connectivity index (χ1v) is 10.0. The van der Waals surface area contributed by atoms with Crippen LogP contribution in [-0.2, 0) is 9.59 Å². The molecule has 1 aromatic carbocycles. The lowest BCUT2D eigenvalue weighted by Gasteiger charge is -2.45. The Morgan fingerprint density at radius 1 is 1.15 bits per heavy atom. The summed E-state index contributed by atoms with van der Waals surface area (Å²) < 4.78 is 0. The zero-order valence-electron chi connectivity index (χ0n) is 15.4. The number of hydrogen-bond acceptors (Lipinski definition) is 4. The molecule has 0 unspecified atom stereocenters. The fourth-order valence-electron chi connectivity index (χ4n) is 5.22. The Balaban J connectivity index is 1.33. The van der Waals surface area contributed by atoms with Gasteiger partial charge in [0.2, 0.25) is 11.8 Å². The third-order valence-corrected chi connectivity index (χ3v) is 6.78. The molecule has 1 aliphatic carbocycles. The zero-order chi connectivity index (χ0) is 18.4. The van der Waals surface area contributed by atoms with E-state index in [1.165, 1.54) is 5.56 Å². The topological polar surface area (TPSA) is 73.5 Å². The van der Waals surface area contributed by atoms with Crippen LogP contribution in [0.3, 0.4) is 0 Å². The summed E-state index contributed by atoms with van der Waals surface area (Å²) in [5, 5.41) is 9.88. The number of likely N-dealkylation sites (tertiary alicyclic amines) is 1. The zero-order valence-corrected chi connectivity index (χ0v) is 15.4. The van der Waals surface area contributed by atoms with E-state index in [1.54, 1.807) is 0 Å². The van der Waals surface area contributed by atoms with Crippen LogP contribution in [0.1, 0.15) is 30.7 Å². The minimum Gasteiger partial charge on any atom is -0.373 e. The summed E-state index contributed by atoms with van der Waals surface area (Å²) in [4.78, 5) is 27.7. The van der Waals surface area contributed by atoms with Gasteiger partial charge in [0, 0.05) is 43.7 Å². The number of benzene rings is 1. The molecule has 2 fully saturated rings. The highest BCUT2D eigenvalue weighted by atomic mass is 16.2. The normalized spacial score (nSPS) is 31.0. The molecule has 5 rings (SSSR count). The first-order chi connectivity index (χ1) is 13.2. The van der Waals surface area contributed by atoms with Crippen molar-refractivity contribution in [2.45, 2.75) is 36.8 Å². The van der Waals surface area contributed by atoms with E-state index >= 15 is 0 Å². The third kappa shape index (κ3) is 2.65. The van der Waals surface area contributed by atoms with Crippen LogP contribution < -0.4 is 16.0 Å². The van der Waals surface area contributed by atoms with E-state index in [2.05, 4.69) is 46.3 Å². The molecule has 142 valence electrons. The molecular formula is C21H26N4O2. The van der Waals surface area contributed by atoms with E-state index in [0.29, 0.717) is 38.4 Å². The Kier molecular flexibility index (Phi) is 3.97. The van der Waals surface area contributed by atoms with E-state index in [1.807, 2.05) is 11.0 Å². The monoisotopic (exact) mass is 366 g/mol. The Morgan fingerprint density at radius 2 is 1.96 bits per heavy atom. The largest absolute Gasteiger partial charge is 0.373 e. The molecule has 3 N–H and O–H groups in total. The maximum absolute atomic E-state index is 13.4. The second-order valence-corrected chi connectivity index (χ2v) is 8.15. The van der Waals surface area contributed by atoms with Gasteiger partial charge in [-0.05, 0) is 30.9 Å². The Bertz CT molecular complexity index is 797. The lowest BCUT2D eigenvalue weighted by atomic mass is 9.78. The number of para-hydroxylation sites is 1. The van der Waals surface area contributed by atoms with E-state index < -0.39 is 5.54 Å². The quantitative estimate of drug-likeness (QED) is 0.654. The SMILES string of the molecule is O=C([C@@H]1Nc2ccccc2[C@@H]2C=CC[C@@H]12)N1CCC2(CC1)NCCNC2=O. The van der Waals surface area contributed by atoms with Crippen LogP contribution in [-0.4, -0.2) is 54.5 Å². The molecule has 1 aromatic rings. The summed E-state index contributed by atoms with van der Waals surface area (Å²) >= 11 is 0. The number of nitrogens with zero attached hydrogens (tertiary/aromatic N) is 1. The van der Waals surface area contributed by atoms with Crippen LogP contribution in [0.2, 0.25) is 0 Å². The molecule has 3 aliphatic heterocycles. The fourth-order valence-corrected chi connectivity index (χ4v) is 5.22. The molecule has 3 heterocycles. The molecule has 1 spiro atoms. The van der Waals surface area contributed by atoms with Gasteiger partial charge in [-0.15, -0.1) is 0 Å². The first-order valence-electron chi connectivity index (χ1n) is 10.0. The van der Waals surface area contributed by atoms with Crippen LogP contribution in [0.4, 0.5) is 5.69 Å².